The number of amides is 1. The highest BCUT2D eigenvalue weighted by atomic mass is 16.5. The number of benzene rings is 1. The van der Waals surface area contributed by atoms with Crippen LogP contribution in [0, 0.1) is 6.92 Å². The Bertz CT molecular complexity index is 711. The van der Waals surface area contributed by atoms with E-state index in [9.17, 15) is 9.59 Å². The Morgan fingerprint density at radius 2 is 2.05 bits per heavy atom. The summed E-state index contributed by atoms with van der Waals surface area (Å²) in [6.45, 7) is 2.17. The second kappa shape index (κ2) is 5.59. The number of hydrogen-bond donors (Lipinski definition) is 0. The molecule has 22 heavy (non-hydrogen) atoms. The van der Waals surface area contributed by atoms with Crippen LogP contribution in [0.1, 0.15) is 22.6 Å². The molecule has 0 unspecified atom stereocenters. The Labute approximate surface area is 127 Å². The highest BCUT2D eigenvalue weighted by molar-refractivity contribution is 5.89. The molecular weight excluding hydrogens is 284 g/mol. The minimum Gasteiger partial charge on any atom is -0.455 e. The van der Waals surface area contributed by atoms with Crippen LogP contribution in [0.5, 0.6) is 0 Å². The van der Waals surface area contributed by atoms with Crippen LogP contribution in [0.3, 0.4) is 0 Å². The van der Waals surface area contributed by atoms with Crippen molar-refractivity contribution in [2.75, 3.05) is 13.6 Å². The fourth-order valence-electron chi connectivity index (χ4n) is 2.44. The third kappa shape index (κ3) is 2.57. The standard InChI is InChI=1S/C15H16N4O3/c1-10-14(15(21)22-12-8-13(20)18(2)9-12)16-17-19(10)11-6-4-3-5-7-11/h3-7,12H,8-9H2,1-2H3/t12-/m1/s1. The van der Waals surface area contributed by atoms with Crippen molar-refractivity contribution in [2.24, 2.45) is 0 Å². The number of carbonyl (C=O) groups is 2. The van der Waals surface area contributed by atoms with E-state index < -0.39 is 12.1 Å². The molecule has 0 saturated carbocycles. The van der Waals surface area contributed by atoms with Crippen molar-refractivity contribution in [3.63, 3.8) is 0 Å². The molecule has 3 rings (SSSR count). The van der Waals surface area contributed by atoms with Gasteiger partial charge in [0.2, 0.25) is 5.91 Å². The highest BCUT2D eigenvalue weighted by Crippen LogP contribution is 2.17. The molecule has 1 amide bonds. The molecule has 1 aromatic carbocycles. The van der Waals surface area contributed by atoms with Gasteiger partial charge in [-0.05, 0) is 19.1 Å². The molecule has 114 valence electrons. The lowest BCUT2D eigenvalue weighted by Gasteiger charge is -2.11. The van der Waals surface area contributed by atoms with Gasteiger partial charge in [0.15, 0.2) is 5.69 Å². The van der Waals surface area contributed by atoms with Gasteiger partial charge in [-0.3, -0.25) is 4.79 Å². The first-order valence-corrected chi connectivity index (χ1v) is 6.99. The first-order chi connectivity index (χ1) is 10.6. The van der Waals surface area contributed by atoms with E-state index in [0.717, 1.165) is 5.69 Å². The molecule has 1 aromatic heterocycles. The predicted octanol–water partition coefficient (Wildman–Crippen LogP) is 0.963. The normalized spacial score (nSPS) is 17.8. The van der Waals surface area contributed by atoms with Crippen LogP contribution in [0.25, 0.3) is 5.69 Å². The summed E-state index contributed by atoms with van der Waals surface area (Å²) in [6.07, 6.45) is -0.208. The lowest BCUT2D eigenvalue weighted by molar-refractivity contribution is -0.126. The number of hydrogen-bond acceptors (Lipinski definition) is 5. The molecular formula is C15H16N4O3. The first-order valence-electron chi connectivity index (χ1n) is 6.99. The van der Waals surface area contributed by atoms with Crippen LogP contribution in [-0.4, -0.2) is 51.5 Å². The molecule has 0 N–H and O–H groups in total. The molecule has 0 bridgehead atoms. The summed E-state index contributed by atoms with van der Waals surface area (Å²) in [6, 6.07) is 9.42. The third-order valence-electron chi connectivity index (χ3n) is 3.67. The van der Waals surface area contributed by atoms with E-state index in [1.165, 1.54) is 0 Å². The topological polar surface area (TPSA) is 77.3 Å². The van der Waals surface area contributed by atoms with E-state index in [2.05, 4.69) is 10.3 Å². The summed E-state index contributed by atoms with van der Waals surface area (Å²) in [5.41, 5.74) is 1.60. The van der Waals surface area contributed by atoms with E-state index in [1.807, 2.05) is 30.3 Å². The van der Waals surface area contributed by atoms with E-state index in [0.29, 0.717) is 12.2 Å². The van der Waals surface area contributed by atoms with Crippen LogP contribution in [0.4, 0.5) is 0 Å². The van der Waals surface area contributed by atoms with Crippen LogP contribution in [0.15, 0.2) is 30.3 Å². The molecule has 1 fully saturated rings. The van der Waals surface area contributed by atoms with E-state index in [1.54, 1.807) is 23.6 Å². The largest absolute Gasteiger partial charge is 0.455 e. The Kier molecular flexibility index (Phi) is 3.62. The number of carbonyl (C=O) groups excluding carboxylic acids is 2. The average Bonchev–Trinajstić information content (AvgIpc) is 3.03. The number of ether oxygens (including phenoxy) is 1. The molecule has 7 nitrogen and oxygen atoms in total. The van der Waals surface area contributed by atoms with Crippen molar-refractivity contribution >= 4 is 11.9 Å². The van der Waals surface area contributed by atoms with Gasteiger partial charge in [0.25, 0.3) is 0 Å². The molecule has 1 aliphatic heterocycles. The molecule has 2 heterocycles. The smallest absolute Gasteiger partial charge is 0.361 e. The number of likely N-dealkylation sites (tertiary alicyclic amines) is 1. The fraction of sp³-hybridized carbons (Fsp3) is 0.333. The van der Waals surface area contributed by atoms with Crippen molar-refractivity contribution in [1.82, 2.24) is 19.9 Å². The van der Waals surface area contributed by atoms with Crippen molar-refractivity contribution in [2.45, 2.75) is 19.4 Å². The zero-order valence-electron chi connectivity index (χ0n) is 12.4. The average molecular weight is 300 g/mol. The van der Waals surface area contributed by atoms with Crippen LogP contribution >= 0.6 is 0 Å². The second-order valence-corrected chi connectivity index (χ2v) is 5.28. The van der Waals surface area contributed by atoms with Crippen molar-refractivity contribution in [1.29, 1.82) is 0 Å². The summed E-state index contributed by atoms with van der Waals surface area (Å²) in [5.74, 6) is -0.574. The van der Waals surface area contributed by atoms with Crippen LogP contribution < -0.4 is 0 Å². The van der Waals surface area contributed by atoms with Crippen molar-refractivity contribution in [3.8, 4) is 5.69 Å². The van der Waals surface area contributed by atoms with E-state index in [4.69, 9.17) is 4.74 Å². The zero-order chi connectivity index (χ0) is 15.7. The lowest BCUT2D eigenvalue weighted by atomic mass is 10.3. The maximum absolute atomic E-state index is 12.2. The Hall–Kier alpha value is -2.70. The first kappa shape index (κ1) is 14.2. The molecule has 2 aromatic rings. The molecule has 1 atom stereocenters. The number of nitrogens with zero attached hydrogens (tertiary/aromatic N) is 4. The number of esters is 1. The maximum Gasteiger partial charge on any atom is 0.361 e. The molecule has 1 saturated heterocycles. The van der Waals surface area contributed by atoms with Gasteiger partial charge in [0, 0.05) is 7.05 Å². The summed E-state index contributed by atoms with van der Waals surface area (Å²) in [5, 5.41) is 7.91. The van der Waals surface area contributed by atoms with Gasteiger partial charge < -0.3 is 9.64 Å². The summed E-state index contributed by atoms with van der Waals surface area (Å²) < 4.78 is 6.94. The van der Waals surface area contributed by atoms with Crippen molar-refractivity contribution < 1.29 is 14.3 Å². The molecule has 0 radical (unpaired) electrons. The Morgan fingerprint density at radius 3 is 2.68 bits per heavy atom. The van der Waals surface area contributed by atoms with E-state index >= 15 is 0 Å². The molecule has 0 aliphatic carbocycles. The number of para-hydroxylation sites is 1. The minimum absolute atomic E-state index is 0.0255. The number of rotatable bonds is 3. The van der Waals surface area contributed by atoms with Crippen molar-refractivity contribution in [3.05, 3.63) is 41.7 Å². The van der Waals surface area contributed by atoms with Gasteiger partial charge in [-0.2, -0.15) is 0 Å². The van der Waals surface area contributed by atoms with E-state index in [-0.39, 0.29) is 18.0 Å². The van der Waals surface area contributed by atoms with Crippen LogP contribution in [0.2, 0.25) is 0 Å². The van der Waals surface area contributed by atoms with Gasteiger partial charge in [0.05, 0.1) is 24.3 Å². The lowest BCUT2D eigenvalue weighted by Crippen LogP contribution is -2.23. The van der Waals surface area contributed by atoms with Crippen LogP contribution in [-0.2, 0) is 9.53 Å². The molecule has 0 spiro atoms. The number of aromatic nitrogens is 3. The van der Waals surface area contributed by atoms with Gasteiger partial charge >= 0.3 is 5.97 Å². The summed E-state index contributed by atoms with van der Waals surface area (Å²) in [7, 11) is 1.69. The number of likely N-dealkylation sites (N-methyl/N-ethyl adjacent to an activating group) is 1. The summed E-state index contributed by atoms with van der Waals surface area (Å²) >= 11 is 0. The predicted molar refractivity (Wildman–Crippen MR) is 77.6 cm³/mol. The molecule has 1 aliphatic rings. The fourth-order valence-corrected chi connectivity index (χ4v) is 2.44. The Balaban J connectivity index is 1.77. The summed E-state index contributed by atoms with van der Waals surface area (Å²) in [4.78, 5) is 25.2. The second-order valence-electron chi connectivity index (χ2n) is 5.28. The monoisotopic (exact) mass is 300 g/mol. The Morgan fingerprint density at radius 1 is 1.32 bits per heavy atom. The van der Waals surface area contributed by atoms with Gasteiger partial charge in [-0.1, -0.05) is 23.4 Å². The third-order valence-corrected chi connectivity index (χ3v) is 3.67. The quantitative estimate of drug-likeness (QED) is 0.789. The SMILES string of the molecule is Cc1c(C(=O)O[C@@H]2CC(=O)N(C)C2)nnn1-c1ccccc1. The zero-order valence-corrected chi connectivity index (χ0v) is 12.4. The van der Waals surface area contributed by atoms with Gasteiger partial charge in [-0.15, -0.1) is 5.10 Å². The van der Waals surface area contributed by atoms with Gasteiger partial charge in [-0.25, -0.2) is 9.48 Å². The maximum atomic E-state index is 12.2. The molecule has 7 heteroatoms. The van der Waals surface area contributed by atoms with Gasteiger partial charge in [0.1, 0.15) is 6.10 Å². The highest BCUT2D eigenvalue weighted by Gasteiger charge is 2.31. The minimum atomic E-state index is -0.548.